The Hall–Kier alpha value is -1.74. The lowest BCUT2D eigenvalue weighted by Crippen LogP contribution is -2.18. The number of hydrogen-bond acceptors (Lipinski definition) is 3. The molecule has 0 saturated carbocycles. The number of aromatic nitrogens is 1. The first-order valence-electron chi connectivity index (χ1n) is 5.94. The molecule has 1 aliphatic heterocycles. The van der Waals surface area contributed by atoms with Gasteiger partial charge in [0, 0.05) is 35.8 Å². The Bertz CT molecular complexity index is 554. The normalized spacial score (nSPS) is 19.6. The van der Waals surface area contributed by atoms with E-state index in [0.717, 1.165) is 35.8 Å². The van der Waals surface area contributed by atoms with Crippen LogP contribution >= 0.6 is 0 Å². The highest BCUT2D eigenvalue weighted by atomic mass is 16.1. The van der Waals surface area contributed by atoms with Crippen molar-refractivity contribution in [2.24, 2.45) is 5.92 Å². The molecule has 1 fully saturated rings. The van der Waals surface area contributed by atoms with Crippen LogP contribution in [0.2, 0.25) is 0 Å². The van der Waals surface area contributed by atoms with Gasteiger partial charge in [-0.05, 0) is 24.4 Å². The molecule has 17 heavy (non-hydrogen) atoms. The van der Waals surface area contributed by atoms with Gasteiger partial charge < -0.3 is 5.32 Å². The average Bonchev–Trinajstić information content (AvgIpc) is 2.91. The van der Waals surface area contributed by atoms with Crippen LogP contribution in [0, 0.1) is 5.92 Å². The number of fused-ring (bicyclic) bond motifs is 1. The number of rotatable bonds is 2. The second kappa shape index (κ2) is 4.26. The maximum atomic E-state index is 12.4. The van der Waals surface area contributed by atoms with Gasteiger partial charge >= 0.3 is 0 Å². The predicted molar refractivity (Wildman–Crippen MR) is 67.1 cm³/mol. The molecule has 2 heterocycles. The molecule has 1 unspecified atom stereocenters. The Balaban J connectivity index is 2.07. The third-order valence-corrected chi connectivity index (χ3v) is 3.38. The van der Waals surface area contributed by atoms with E-state index in [1.165, 1.54) is 0 Å². The van der Waals surface area contributed by atoms with Crippen LogP contribution in [-0.4, -0.2) is 23.9 Å². The standard InChI is InChI=1S/C14H14N2O/c17-14(11-4-6-15-9-11)13-3-1-2-10-8-16-7-5-12(10)13/h1-3,5,7-8,11,15H,4,6,9H2. The molecule has 3 rings (SSSR count). The van der Waals surface area contributed by atoms with E-state index < -0.39 is 0 Å². The summed E-state index contributed by atoms with van der Waals surface area (Å²) in [5.74, 6) is 0.389. The molecule has 1 atom stereocenters. The maximum Gasteiger partial charge on any atom is 0.167 e. The van der Waals surface area contributed by atoms with E-state index in [1.807, 2.05) is 24.3 Å². The zero-order valence-electron chi connectivity index (χ0n) is 9.52. The zero-order chi connectivity index (χ0) is 11.7. The van der Waals surface area contributed by atoms with E-state index in [4.69, 9.17) is 0 Å². The lowest BCUT2D eigenvalue weighted by Gasteiger charge is -2.09. The number of carbonyl (C=O) groups is 1. The number of carbonyl (C=O) groups excluding carboxylic acids is 1. The topological polar surface area (TPSA) is 42.0 Å². The van der Waals surface area contributed by atoms with Crippen molar-refractivity contribution in [3.05, 3.63) is 42.2 Å². The molecule has 1 aliphatic rings. The summed E-state index contributed by atoms with van der Waals surface area (Å²) in [4.78, 5) is 16.5. The highest BCUT2D eigenvalue weighted by molar-refractivity contribution is 6.09. The molecule has 0 radical (unpaired) electrons. The van der Waals surface area contributed by atoms with E-state index in [2.05, 4.69) is 10.3 Å². The van der Waals surface area contributed by atoms with Crippen molar-refractivity contribution in [2.45, 2.75) is 6.42 Å². The lowest BCUT2D eigenvalue weighted by atomic mass is 9.93. The van der Waals surface area contributed by atoms with Gasteiger partial charge in [-0.1, -0.05) is 18.2 Å². The summed E-state index contributed by atoms with van der Waals surface area (Å²) < 4.78 is 0. The fraction of sp³-hybridized carbons (Fsp3) is 0.286. The first kappa shape index (κ1) is 10.4. The number of benzene rings is 1. The molecular weight excluding hydrogens is 212 g/mol. The SMILES string of the molecule is O=C(c1cccc2cnccc12)C1CCNC1. The van der Waals surface area contributed by atoms with E-state index in [1.54, 1.807) is 12.4 Å². The van der Waals surface area contributed by atoms with Gasteiger partial charge in [-0.2, -0.15) is 0 Å². The molecular formula is C14H14N2O. The number of pyridine rings is 1. The third-order valence-electron chi connectivity index (χ3n) is 3.38. The van der Waals surface area contributed by atoms with Crippen molar-refractivity contribution in [1.29, 1.82) is 0 Å². The second-order valence-electron chi connectivity index (χ2n) is 4.46. The minimum absolute atomic E-state index is 0.133. The van der Waals surface area contributed by atoms with Crippen LogP contribution in [0.5, 0.6) is 0 Å². The molecule has 0 amide bonds. The first-order valence-corrected chi connectivity index (χ1v) is 5.94. The zero-order valence-corrected chi connectivity index (χ0v) is 9.52. The lowest BCUT2D eigenvalue weighted by molar-refractivity contribution is 0.0932. The summed E-state index contributed by atoms with van der Waals surface area (Å²) >= 11 is 0. The maximum absolute atomic E-state index is 12.4. The highest BCUT2D eigenvalue weighted by Gasteiger charge is 2.24. The molecule has 0 bridgehead atoms. The number of nitrogens with one attached hydrogen (secondary N) is 1. The molecule has 86 valence electrons. The van der Waals surface area contributed by atoms with Crippen molar-refractivity contribution in [1.82, 2.24) is 10.3 Å². The monoisotopic (exact) mass is 226 g/mol. The minimum Gasteiger partial charge on any atom is -0.316 e. The molecule has 1 aromatic heterocycles. The minimum atomic E-state index is 0.133. The summed E-state index contributed by atoms with van der Waals surface area (Å²) in [7, 11) is 0. The smallest absolute Gasteiger partial charge is 0.167 e. The summed E-state index contributed by atoms with van der Waals surface area (Å²) in [6.07, 6.45) is 4.49. The first-order chi connectivity index (χ1) is 8.36. The fourth-order valence-corrected chi connectivity index (χ4v) is 2.44. The van der Waals surface area contributed by atoms with Gasteiger partial charge in [-0.3, -0.25) is 9.78 Å². The van der Waals surface area contributed by atoms with Crippen LogP contribution < -0.4 is 5.32 Å². The van der Waals surface area contributed by atoms with Crippen LogP contribution in [0.15, 0.2) is 36.7 Å². The Labute approximate surface area is 99.9 Å². The molecule has 3 nitrogen and oxygen atoms in total. The number of hydrogen-bond donors (Lipinski definition) is 1. The summed E-state index contributed by atoms with van der Waals surface area (Å²) in [6, 6.07) is 7.76. The van der Waals surface area contributed by atoms with Gasteiger partial charge in [0.15, 0.2) is 5.78 Å². The molecule has 1 aromatic carbocycles. The van der Waals surface area contributed by atoms with Crippen molar-refractivity contribution >= 4 is 16.6 Å². The van der Waals surface area contributed by atoms with Crippen molar-refractivity contribution in [3.8, 4) is 0 Å². The van der Waals surface area contributed by atoms with Gasteiger partial charge in [0.05, 0.1) is 0 Å². The summed E-state index contributed by atoms with van der Waals surface area (Å²) in [5.41, 5.74) is 0.832. The van der Waals surface area contributed by atoms with E-state index in [0.29, 0.717) is 0 Å². The highest BCUT2D eigenvalue weighted by Crippen LogP contribution is 2.22. The quantitative estimate of drug-likeness (QED) is 0.797. The van der Waals surface area contributed by atoms with Crippen LogP contribution in [0.3, 0.4) is 0 Å². The molecule has 3 heteroatoms. The predicted octanol–water partition coefficient (Wildman–Crippen LogP) is 2.03. The van der Waals surface area contributed by atoms with Crippen LogP contribution in [0.25, 0.3) is 10.8 Å². The number of ketones is 1. The van der Waals surface area contributed by atoms with Crippen molar-refractivity contribution < 1.29 is 4.79 Å². The van der Waals surface area contributed by atoms with Crippen LogP contribution in [-0.2, 0) is 0 Å². The third kappa shape index (κ3) is 1.83. The largest absolute Gasteiger partial charge is 0.316 e. The van der Waals surface area contributed by atoms with Crippen LogP contribution in [0.1, 0.15) is 16.8 Å². The summed E-state index contributed by atoms with van der Waals surface area (Å²) in [6.45, 7) is 1.75. The van der Waals surface area contributed by atoms with E-state index in [-0.39, 0.29) is 11.7 Å². The Morgan fingerprint density at radius 1 is 1.35 bits per heavy atom. The Morgan fingerprint density at radius 3 is 3.12 bits per heavy atom. The van der Waals surface area contributed by atoms with Gasteiger partial charge in [-0.25, -0.2) is 0 Å². The van der Waals surface area contributed by atoms with Gasteiger partial charge in [-0.15, -0.1) is 0 Å². The second-order valence-corrected chi connectivity index (χ2v) is 4.46. The number of nitrogens with zero attached hydrogens (tertiary/aromatic N) is 1. The van der Waals surface area contributed by atoms with Crippen LogP contribution in [0.4, 0.5) is 0 Å². The van der Waals surface area contributed by atoms with E-state index in [9.17, 15) is 4.79 Å². The molecule has 2 aromatic rings. The summed E-state index contributed by atoms with van der Waals surface area (Å²) in [5, 5.41) is 5.28. The Morgan fingerprint density at radius 2 is 2.29 bits per heavy atom. The van der Waals surface area contributed by atoms with Gasteiger partial charge in [0.1, 0.15) is 0 Å². The van der Waals surface area contributed by atoms with E-state index >= 15 is 0 Å². The molecule has 1 saturated heterocycles. The fourth-order valence-electron chi connectivity index (χ4n) is 2.44. The van der Waals surface area contributed by atoms with Crippen molar-refractivity contribution in [3.63, 3.8) is 0 Å². The van der Waals surface area contributed by atoms with Gasteiger partial charge in [0.2, 0.25) is 0 Å². The van der Waals surface area contributed by atoms with Crippen molar-refractivity contribution in [2.75, 3.05) is 13.1 Å². The van der Waals surface area contributed by atoms with Gasteiger partial charge in [0.25, 0.3) is 0 Å². The molecule has 0 spiro atoms. The Kier molecular flexibility index (Phi) is 2.61. The molecule has 0 aliphatic carbocycles. The number of Topliss-reactive ketones (excluding diaryl/α,β-unsaturated/α-hetero) is 1. The average molecular weight is 226 g/mol. The molecule has 1 N–H and O–H groups in total.